The number of fused-ring (bicyclic) bond motifs is 1. The second-order valence-electron chi connectivity index (χ2n) is 6.72. The van der Waals surface area contributed by atoms with Crippen LogP contribution in [0.25, 0.3) is 0 Å². The fraction of sp³-hybridized carbons (Fsp3) is 0.474. The number of hydrogen-bond acceptors (Lipinski definition) is 4. The highest BCUT2D eigenvalue weighted by Crippen LogP contribution is 2.32. The van der Waals surface area contributed by atoms with E-state index in [0.717, 1.165) is 25.0 Å². The maximum Gasteiger partial charge on any atom is 0.270 e. The summed E-state index contributed by atoms with van der Waals surface area (Å²) in [5.41, 5.74) is 1.74. The van der Waals surface area contributed by atoms with Gasteiger partial charge in [-0.25, -0.2) is 0 Å². The highest BCUT2D eigenvalue weighted by Gasteiger charge is 2.47. The fourth-order valence-electron chi connectivity index (χ4n) is 3.81. The van der Waals surface area contributed by atoms with Crippen LogP contribution in [0.4, 0.5) is 0 Å². The zero-order valence-electron chi connectivity index (χ0n) is 14.4. The van der Waals surface area contributed by atoms with Crippen LogP contribution in [0.3, 0.4) is 0 Å². The van der Waals surface area contributed by atoms with Crippen molar-refractivity contribution in [1.29, 1.82) is 0 Å². The summed E-state index contributed by atoms with van der Waals surface area (Å²) in [5.74, 6) is 0.0560. The van der Waals surface area contributed by atoms with E-state index in [1.807, 2.05) is 47.0 Å². The molecule has 4 rings (SSSR count). The molecule has 132 valence electrons. The molecule has 0 unspecified atom stereocenters. The zero-order chi connectivity index (χ0) is 17.2. The van der Waals surface area contributed by atoms with Crippen molar-refractivity contribution < 1.29 is 14.3 Å². The molecule has 0 N–H and O–H groups in total. The number of rotatable bonds is 4. The molecule has 2 aliphatic rings. The highest BCUT2D eigenvalue weighted by atomic mass is 16.5. The molecule has 2 aromatic heterocycles. The van der Waals surface area contributed by atoms with Gasteiger partial charge in [0.25, 0.3) is 5.91 Å². The van der Waals surface area contributed by atoms with Crippen molar-refractivity contribution in [2.24, 2.45) is 7.05 Å². The second kappa shape index (κ2) is 6.98. The average Bonchev–Trinajstić information content (AvgIpc) is 3.24. The van der Waals surface area contributed by atoms with Crippen LogP contribution < -0.4 is 0 Å². The average molecular weight is 341 g/mol. The molecule has 25 heavy (non-hydrogen) atoms. The Hall–Kier alpha value is -2.18. The van der Waals surface area contributed by atoms with Crippen molar-refractivity contribution in [2.45, 2.75) is 37.7 Å². The fourth-order valence-corrected chi connectivity index (χ4v) is 3.81. The molecule has 2 saturated heterocycles. The summed E-state index contributed by atoms with van der Waals surface area (Å²) >= 11 is 0. The summed E-state index contributed by atoms with van der Waals surface area (Å²) in [5, 5.41) is 0. The minimum atomic E-state index is -0.102. The molecule has 0 saturated carbocycles. The minimum Gasteiger partial charge on any atom is -0.373 e. The van der Waals surface area contributed by atoms with Crippen molar-refractivity contribution in [3.05, 3.63) is 54.1 Å². The number of carbonyl (C=O) groups excluding carboxylic acids is 1. The van der Waals surface area contributed by atoms with E-state index in [9.17, 15) is 4.79 Å². The van der Waals surface area contributed by atoms with Crippen LogP contribution in [-0.4, -0.2) is 51.8 Å². The van der Waals surface area contributed by atoms with Crippen molar-refractivity contribution in [3.63, 3.8) is 0 Å². The molecule has 0 bridgehead atoms. The minimum absolute atomic E-state index is 0.0466. The Morgan fingerprint density at radius 2 is 2.32 bits per heavy atom. The monoisotopic (exact) mass is 341 g/mol. The Morgan fingerprint density at radius 1 is 1.40 bits per heavy atom. The van der Waals surface area contributed by atoms with Gasteiger partial charge in [0.2, 0.25) is 0 Å². The molecule has 2 aliphatic heterocycles. The van der Waals surface area contributed by atoms with E-state index in [4.69, 9.17) is 9.47 Å². The number of amides is 1. The standard InChI is InChI=1S/C19H23N3O3/c1-21-9-3-6-16(21)19(23)22-12-17(18-15(22)7-4-10-24-18)25-13-14-5-2-8-20-11-14/h2-3,5-6,8-9,11,15,17-18H,4,7,10,12-13H2,1H3/t15-,17-,18+/m1/s1. The van der Waals surface area contributed by atoms with Gasteiger partial charge in [0.15, 0.2) is 0 Å². The molecule has 2 fully saturated rings. The van der Waals surface area contributed by atoms with Gasteiger partial charge < -0.3 is 18.9 Å². The smallest absolute Gasteiger partial charge is 0.270 e. The van der Waals surface area contributed by atoms with Gasteiger partial charge in [0.05, 0.1) is 19.2 Å². The molecule has 6 nitrogen and oxygen atoms in total. The number of aryl methyl sites for hydroxylation is 1. The van der Waals surface area contributed by atoms with E-state index in [2.05, 4.69) is 4.98 Å². The first kappa shape index (κ1) is 16.3. The predicted molar refractivity (Wildman–Crippen MR) is 92.0 cm³/mol. The molecule has 0 aromatic carbocycles. The normalized spacial score (nSPS) is 25.8. The van der Waals surface area contributed by atoms with Crippen LogP contribution >= 0.6 is 0 Å². The third-order valence-electron chi connectivity index (χ3n) is 5.09. The maximum atomic E-state index is 13.0. The summed E-state index contributed by atoms with van der Waals surface area (Å²) in [6, 6.07) is 7.75. The molecule has 4 heterocycles. The van der Waals surface area contributed by atoms with Crippen molar-refractivity contribution in [2.75, 3.05) is 13.2 Å². The number of hydrogen-bond donors (Lipinski definition) is 0. The molecule has 0 radical (unpaired) electrons. The SMILES string of the molecule is Cn1cccc1C(=O)N1C[C@@H](OCc2cccnc2)[C@H]2OCCC[C@H]21. The third kappa shape index (κ3) is 3.19. The van der Waals surface area contributed by atoms with Crippen LogP contribution in [0.5, 0.6) is 0 Å². The molecular weight excluding hydrogens is 318 g/mol. The van der Waals surface area contributed by atoms with Crippen molar-refractivity contribution in [3.8, 4) is 0 Å². The van der Waals surface area contributed by atoms with Crippen molar-refractivity contribution in [1.82, 2.24) is 14.5 Å². The first-order valence-corrected chi connectivity index (χ1v) is 8.78. The van der Waals surface area contributed by atoms with Gasteiger partial charge in [0, 0.05) is 32.2 Å². The van der Waals surface area contributed by atoms with Crippen LogP contribution in [0.2, 0.25) is 0 Å². The number of ether oxygens (including phenoxy) is 2. The Kier molecular flexibility index (Phi) is 4.55. The summed E-state index contributed by atoms with van der Waals surface area (Å²) in [6.07, 6.45) is 7.25. The zero-order valence-corrected chi connectivity index (χ0v) is 14.4. The van der Waals surface area contributed by atoms with Gasteiger partial charge in [-0.3, -0.25) is 9.78 Å². The van der Waals surface area contributed by atoms with E-state index in [1.54, 1.807) is 12.4 Å². The number of likely N-dealkylation sites (tertiary alicyclic amines) is 1. The number of nitrogens with zero attached hydrogens (tertiary/aromatic N) is 3. The van der Waals surface area contributed by atoms with E-state index in [-0.39, 0.29) is 24.2 Å². The van der Waals surface area contributed by atoms with Gasteiger partial charge in [-0.05, 0) is 36.6 Å². The Morgan fingerprint density at radius 3 is 3.08 bits per heavy atom. The van der Waals surface area contributed by atoms with Crippen LogP contribution in [0.1, 0.15) is 28.9 Å². The van der Waals surface area contributed by atoms with Gasteiger partial charge in [-0.2, -0.15) is 0 Å². The Balaban J connectivity index is 1.49. The molecule has 3 atom stereocenters. The van der Waals surface area contributed by atoms with Crippen LogP contribution in [0, 0.1) is 0 Å². The number of aromatic nitrogens is 2. The lowest BCUT2D eigenvalue weighted by molar-refractivity contribution is -0.0810. The van der Waals surface area contributed by atoms with E-state index in [0.29, 0.717) is 18.8 Å². The summed E-state index contributed by atoms with van der Waals surface area (Å²) < 4.78 is 14.0. The molecule has 2 aromatic rings. The highest BCUT2D eigenvalue weighted by molar-refractivity contribution is 5.93. The molecular formula is C19H23N3O3. The Bertz CT molecular complexity index is 731. The quantitative estimate of drug-likeness (QED) is 0.854. The first-order chi connectivity index (χ1) is 12.2. The molecule has 0 aliphatic carbocycles. The summed E-state index contributed by atoms with van der Waals surface area (Å²) in [7, 11) is 1.90. The van der Waals surface area contributed by atoms with Gasteiger partial charge in [0.1, 0.15) is 17.9 Å². The van der Waals surface area contributed by atoms with Gasteiger partial charge >= 0.3 is 0 Å². The van der Waals surface area contributed by atoms with Crippen LogP contribution in [-0.2, 0) is 23.1 Å². The van der Waals surface area contributed by atoms with E-state index >= 15 is 0 Å². The largest absolute Gasteiger partial charge is 0.373 e. The summed E-state index contributed by atoms with van der Waals surface area (Å²) in [4.78, 5) is 19.0. The number of carbonyl (C=O) groups is 1. The van der Waals surface area contributed by atoms with E-state index in [1.165, 1.54) is 0 Å². The lowest BCUT2D eigenvalue weighted by atomic mass is 10.0. The predicted octanol–water partition coefficient (Wildman–Crippen LogP) is 2.01. The lowest BCUT2D eigenvalue weighted by Gasteiger charge is -2.32. The van der Waals surface area contributed by atoms with Crippen LogP contribution in [0.15, 0.2) is 42.9 Å². The topological polar surface area (TPSA) is 56.6 Å². The molecule has 6 heteroatoms. The molecule has 0 spiro atoms. The lowest BCUT2D eigenvalue weighted by Crippen LogP contribution is -2.44. The van der Waals surface area contributed by atoms with Crippen molar-refractivity contribution >= 4 is 5.91 Å². The first-order valence-electron chi connectivity index (χ1n) is 8.78. The van der Waals surface area contributed by atoms with Gasteiger partial charge in [-0.15, -0.1) is 0 Å². The Labute approximate surface area is 147 Å². The van der Waals surface area contributed by atoms with E-state index < -0.39 is 0 Å². The second-order valence-corrected chi connectivity index (χ2v) is 6.72. The number of pyridine rings is 1. The third-order valence-corrected chi connectivity index (χ3v) is 5.09. The molecule has 1 amide bonds. The maximum absolute atomic E-state index is 13.0. The summed E-state index contributed by atoms with van der Waals surface area (Å²) in [6.45, 7) is 1.79. The van der Waals surface area contributed by atoms with Gasteiger partial charge in [-0.1, -0.05) is 6.07 Å².